The molecule has 1 aromatic carbocycles. The minimum absolute atomic E-state index is 0.0179. The first-order valence-corrected chi connectivity index (χ1v) is 6.36. The van der Waals surface area contributed by atoms with Crippen molar-refractivity contribution in [1.82, 2.24) is 4.98 Å². The number of primary amides is 1. The van der Waals surface area contributed by atoms with Crippen LogP contribution >= 0.6 is 11.6 Å². The molecule has 0 bridgehead atoms. The normalized spacial score (nSPS) is 10.2. The maximum atomic E-state index is 12.0. The number of amides is 2. The minimum atomic E-state index is -0.659. The number of aromatic nitrogens is 1. The summed E-state index contributed by atoms with van der Waals surface area (Å²) < 4.78 is 0. The van der Waals surface area contributed by atoms with Crippen LogP contribution in [0.3, 0.4) is 0 Å². The maximum absolute atomic E-state index is 12.0. The molecule has 0 aliphatic carbocycles. The van der Waals surface area contributed by atoms with E-state index in [-0.39, 0.29) is 21.6 Å². The molecular weight excluding hydrogens is 294 g/mol. The molecule has 21 heavy (non-hydrogen) atoms. The molecule has 7 heteroatoms. The Morgan fingerprint density at radius 3 is 2.52 bits per heavy atom. The Bertz CT molecular complexity index is 783. The van der Waals surface area contributed by atoms with Crippen molar-refractivity contribution >= 4 is 29.1 Å². The molecule has 0 radical (unpaired) electrons. The average molecular weight is 306 g/mol. The number of halogens is 1. The summed E-state index contributed by atoms with van der Waals surface area (Å²) in [4.78, 5) is 37.6. The zero-order valence-electron chi connectivity index (χ0n) is 11.1. The van der Waals surface area contributed by atoms with Gasteiger partial charge in [0.15, 0.2) is 5.43 Å². The third-order valence-electron chi connectivity index (χ3n) is 2.79. The van der Waals surface area contributed by atoms with Crippen molar-refractivity contribution in [2.45, 2.75) is 6.92 Å². The van der Waals surface area contributed by atoms with Crippen LogP contribution in [0.25, 0.3) is 0 Å². The summed E-state index contributed by atoms with van der Waals surface area (Å²) in [5.74, 6) is -1.23. The first-order chi connectivity index (χ1) is 9.88. The molecule has 6 nitrogen and oxygen atoms in total. The topological polar surface area (TPSA) is 105 Å². The Morgan fingerprint density at radius 2 is 1.95 bits per heavy atom. The Kier molecular flexibility index (Phi) is 4.09. The van der Waals surface area contributed by atoms with Crippen LogP contribution in [0.4, 0.5) is 5.69 Å². The quantitative estimate of drug-likeness (QED) is 0.803. The van der Waals surface area contributed by atoms with Gasteiger partial charge in [0.1, 0.15) is 5.56 Å². The molecular formula is C14H12ClN3O3. The lowest BCUT2D eigenvalue weighted by Crippen LogP contribution is -2.21. The molecule has 0 unspecified atom stereocenters. The summed E-state index contributed by atoms with van der Waals surface area (Å²) in [6.45, 7) is 1.71. The summed E-state index contributed by atoms with van der Waals surface area (Å²) in [5.41, 5.74) is 5.90. The summed E-state index contributed by atoms with van der Waals surface area (Å²) >= 11 is 5.89. The first kappa shape index (κ1) is 14.8. The van der Waals surface area contributed by atoms with Gasteiger partial charge in [-0.05, 0) is 25.1 Å². The summed E-state index contributed by atoms with van der Waals surface area (Å²) in [6.07, 6.45) is 1.34. The molecule has 0 saturated carbocycles. The number of anilines is 1. The number of rotatable bonds is 3. The molecule has 0 fully saturated rings. The summed E-state index contributed by atoms with van der Waals surface area (Å²) in [5, 5.41) is 2.65. The fourth-order valence-electron chi connectivity index (χ4n) is 1.74. The number of aryl methyl sites for hydroxylation is 1. The highest BCUT2D eigenvalue weighted by Gasteiger charge is 2.12. The van der Waals surface area contributed by atoms with E-state index in [1.807, 2.05) is 0 Å². The number of hydrogen-bond donors (Lipinski definition) is 3. The largest absolute Gasteiger partial charge is 0.366 e. The fraction of sp³-hybridized carbons (Fsp3) is 0.0714. The van der Waals surface area contributed by atoms with E-state index < -0.39 is 11.8 Å². The van der Waals surface area contributed by atoms with Crippen LogP contribution in [0.15, 0.2) is 35.3 Å². The predicted octanol–water partition coefficient (Wildman–Crippen LogP) is 1.69. The molecule has 0 aliphatic rings. The molecule has 1 aromatic heterocycles. The zero-order chi connectivity index (χ0) is 15.6. The second kappa shape index (κ2) is 5.80. The van der Waals surface area contributed by atoms with E-state index in [2.05, 4.69) is 10.3 Å². The van der Waals surface area contributed by atoms with Crippen LogP contribution in [-0.4, -0.2) is 16.8 Å². The minimum Gasteiger partial charge on any atom is -0.366 e. The molecule has 0 atom stereocenters. The lowest BCUT2D eigenvalue weighted by atomic mass is 10.2. The molecule has 4 N–H and O–H groups in total. The van der Waals surface area contributed by atoms with Crippen molar-refractivity contribution in [3.63, 3.8) is 0 Å². The van der Waals surface area contributed by atoms with Crippen molar-refractivity contribution in [1.29, 1.82) is 0 Å². The monoisotopic (exact) mass is 305 g/mol. The second-order valence-electron chi connectivity index (χ2n) is 4.41. The molecule has 2 rings (SSSR count). The first-order valence-electron chi connectivity index (χ1n) is 5.98. The van der Waals surface area contributed by atoms with Gasteiger partial charge in [0.2, 0.25) is 5.91 Å². The standard InChI is InChI=1S/C14H12ClN3O3/c1-7-4-12(19)10(6-17-7)14(21)18-8-2-3-9(13(16)20)11(15)5-8/h2-6H,1H3,(H2,16,20)(H,17,19)(H,18,21). The van der Waals surface area contributed by atoms with Gasteiger partial charge in [-0.1, -0.05) is 11.6 Å². The van der Waals surface area contributed by atoms with E-state index in [9.17, 15) is 14.4 Å². The van der Waals surface area contributed by atoms with Crippen molar-refractivity contribution in [2.75, 3.05) is 5.32 Å². The maximum Gasteiger partial charge on any atom is 0.261 e. The lowest BCUT2D eigenvalue weighted by Gasteiger charge is -2.07. The van der Waals surface area contributed by atoms with Gasteiger partial charge < -0.3 is 16.0 Å². The highest BCUT2D eigenvalue weighted by Crippen LogP contribution is 2.20. The van der Waals surface area contributed by atoms with E-state index in [1.165, 1.54) is 30.5 Å². The van der Waals surface area contributed by atoms with Crippen molar-refractivity contribution in [2.24, 2.45) is 5.73 Å². The van der Waals surface area contributed by atoms with Gasteiger partial charge in [0.05, 0.1) is 10.6 Å². The van der Waals surface area contributed by atoms with Crippen molar-refractivity contribution < 1.29 is 9.59 Å². The van der Waals surface area contributed by atoms with Crippen LogP contribution in [-0.2, 0) is 0 Å². The summed E-state index contributed by atoms with van der Waals surface area (Å²) in [7, 11) is 0. The third-order valence-corrected chi connectivity index (χ3v) is 3.11. The van der Waals surface area contributed by atoms with Gasteiger partial charge in [0, 0.05) is 23.6 Å². The smallest absolute Gasteiger partial charge is 0.261 e. The van der Waals surface area contributed by atoms with Crippen LogP contribution in [0, 0.1) is 6.92 Å². The van der Waals surface area contributed by atoms with Gasteiger partial charge in [-0.2, -0.15) is 0 Å². The Labute approximate surface area is 124 Å². The Balaban J connectivity index is 2.26. The molecule has 0 saturated heterocycles. The second-order valence-corrected chi connectivity index (χ2v) is 4.81. The fourth-order valence-corrected chi connectivity index (χ4v) is 2.02. The Hall–Kier alpha value is -2.60. The van der Waals surface area contributed by atoms with Crippen LogP contribution in [0.1, 0.15) is 26.4 Å². The molecule has 2 amide bonds. The number of benzene rings is 1. The van der Waals surface area contributed by atoms with Gasteiger partial charge in [-0.25, -0.2) is 0 Å². The number of aromatic amines is 1. The van der Waals surface area contributed by atoms with Gasteiger partial charge in [-0.3, -0.25) is 14.4 Å². The molecule has 2 aromatic rings. The van der Waals surface area contributed by atoms with Crippen molar-refractivity contribution in [3.05, 3.63) is 62.5 Å². The number of hydrogen-bond acceptors (Lipinski definition) is 3. The number of carbonyl (C=O) groups is 2. The van der Waals surface area contributed by atoms with E-state index >= 15 is 0 Å². The lowest BCUT2D eigenvalue weighted by molar-refractivity contribution is 0.0998. The molecule has 1 heterocycles. The van der Waals surface area contributed by atoms with Gasteiger partial charge in [0.25, 0.3) is 5.91 Å². The van der Waals surface area contributed by atoms with Crippen LogP contribution in [0.5, 0.6) is 0 Å². The van der Waals surface area contributed by atoms with Crippen LogP contribution < -0.4 is 16.5 Å². The average Bonchev–Trinajstić information content (AvgIpc) is 2.37. The van der Waals surface area contributed by atoms with Gasteiger partial charge >= 0.3 is 0 Å². The number of pyridine rings is 1. The van der Waals surface area contributed by atoms with E-state index in [4.69, 9.17) is 17.3 Å². The molecule has 0 aliphatic heterocycles. The van der Waals surface area contributed by atoms with Crippen LogP contribution in [0.2, 0.25) is 5.02 Å². The van der Waals surface area contributed by atoms with E-state index in [0.29, 0.717) is 11.4 Å². The Morgan fingerprint density at radius 1 is 1.24 bits per heavy atom. The highest BCUT2D eigenvalue weighted by atomic mass is 35.5. The van der Waals surface area contributed by atoms with Gasteiger partial charge in [-0.15, -0.1) is 0 Å². The van der Waals surface area contributed by atoms with E-state index in [1.54, 1.807) is 6.92 Å². The van der Waals surface area contributed by atoms with Crippen molar-refractivity contribution in [3.8, 4) is 0 Å². The number of nitrogens with two attached hydrogens (primary N) is 1. The van der Waals surface area contributed by atoms with E-state index in [0.717, 1.165) is 0 Å². The highest BCUT2D eigenvalue weighted by molar-refractivity contribution is 6.34. The number of H-pyrrole nitrogens is 1. The summed E-state index contributed by atoms with van der Waals surface area (Å²) in [6, 6.07) is 5.60. The number of carbonyl (C=O) groups excluding carboxylic acids is 2. The predicted molar refractivity (Wildman–Crippen MR) is 79.7 cm³/mol. The SMILES string of the molecule is Cc1cc(=O)c(C(=O)Nc2ccc(C(N)=O)c(Cl)c2)c[nH]1. The molecule has 108 valence electrons. The zero-order valence-corrected chi connectivity index (χ0v) is 11.8. The molecule has 0 spiro atoms. The number of nitrogens with one attached hydrogen (secondary N) is 2. The third kappa shape index (κ3) is 3.29.